The van der Waals surface area contributed by atoms with Crippen molar-refractivity contribution in [3.05, 3.63) is 75.8 Å². The van der Waals surface area contributed by atoms with Crippen molar-refractivity contribution in [2.45, 2.75) is 112 Å². The molecule has 2 aliphatic heterocycles. The molecule has 1 atom stereocenters. The van der Waals surface area contributed by atoms with Gasteiger partial charge in [0.2, 0.25) is 5.91 Å². The fourth-order valence-electron chi connectivity index (χ4n) is 6.65. The molecule has 5 nitrogen and oxygen atoms in total. The predicted octanol–water partition coefficient (Wildman–Crippen LogP) is 8.22. The van der Waals surface area contributed by atoms with Crippen molar-refractivity contribution in [1.29, 1.82) is 0 Å². The number of nitrogens with zero attached hydrogens (tertiary/aromatic N) is 2. The maximum Gasteiger partial charge on any atom is 0.700 e. The normalized spacial score (nSPS) is 15.5. The summed E-state index contributed by atoms with van der Waals surface area (Å²) in [7, 11) is 3.98. The quantitative estimate of drug-likeness (QED) is 0.237. The molecule has 1 radical (unpaired) electrons. The second-order valence-electron chi connectivity index (χ2n) is 14.4. The second kappa shape index (κ2) is 13.8. The Hall–Kier alpha value is -3.28. The minimum atomic E-state index is -0.0218. The molecule has 44 heavy (non-hydrogen) atoms. The van der Waals surface area contributed by atoms with E-state index in [1.807, 2.05) is 7.11 Å². The number of nitrogens with one attached hydrogen (secondary N) is 1. The average molecular weight is 596 g/mol. The first kappa shape index (κ1) is 33.6. The first-order chi connectivity index (χ1) is 20.8. The van der Waals surface area contributed by atoms with Crippen LogP contribution in [0.4, 0.5) is 0 Å². The molecule has 2 aliphatic rings. The predicted molar refractivity (Wildman–Crippen MR) is 187 cm³/mol. The van der Waals surface area contributed by atoms with Gasteiger partial charge in [0, 0.05) is 59.3 Å². The van der Waals surface area contributed by atoms with Crippen molar-refractivity contribution in [3.8, 4) is 5.75 Å². The van der Waals surface area contributed by atoms with Gasteiger partial charge < -0.3 is 14.5 Å². The lowest BCUT2D eigenvalue weighted by Gasteiger charge is -2.33. The Morgan fingerprint density at radius 2 is 1.84 bits per heavy atom. The smallest absolute Gasteiger partial charge is 0.496 e. The minimum Gasteiger partial charge on any atom is -0.496 e. The number of methoxy groups -OCH3 is 1. The Labute approximate surface area is 267 Å². The summed E-state index contributed by atoms with van der Waals surface area (Å²) in [4.78, 5) is 12.3. The van der Waals surface area contributed by atoms with Gasteiger partial charge in [-0.2, -0.15) is 0 Å². The monoisotopic (exact) mass is 595 g/mol. The van der Waals surface area contributed by atoms with Gasteiger partial charge in [0.05, 0.1) is 7.11 Å². The van der Waals surface area contributed by atoms with E-state index >= 15 is 0 Å². The van der Waals surface area contributed by atoms with Crippen molar-refractivity contribution < 1.29 is 14.0 Å². The first-order valence-electron chi connectivity index (χ1n) is 16.6. The molecule has 6 heteroatoms. The molecule has 235 valence electrons. The number of allylic oxidation sites excluding steroid dienone is 3. The van der Waals surface area contributed by atoms with Crippen molar-refractivity contribution in [3.63, 3.8) is 0 Å². The van der Waals surface area contributed by atoms with E-state index < -0.39 is 0 Å². The average Bonchev–Trinajstić information content (AvgIpc) is 3.50. The Balaban J connectivity index is 1.70. The summed E-state index contributed by atoms with van der Waals surface area (Å²) in [6.45, 7) is 21.2. The topological polar surface area (TPSA) is 46.3 Å². The van der Waals surface area contributed by atoms with E-state index in [0.29, 0.717) is 18.8 Å². The number of fused-ring (bicyclic) bond motifs is 2. The molecule has 1 aromatic heterocycles. The summed E-state index contributed by atoms with van der Waals surface area (Å²) in [5.41, 5.74) is 9.51. The molecule has 0 saturated heterocycles. The molecule has 3 heterocycles. The standard InChI is InChI=1S/C38H54BN3O2/c1-11-13-26(3)25-38(8,9)33-23-29(37(5,6)7)22-28(36(33)44-10)14-15-31-21-27(4)34-24-32-17-16-30(41(32)39-42(31)34)18-19-35(43)40-20-12-2/h14-17,21-24,26H,11-13,18-20,25H2,1-10H3,(H,40,43)/q+1. The van der Waals surface area contributed by atoms with Crippen molar-refractivity contribution in [1.82, 2.24) is 9.79 Å². The van der Waals surface area contributed by atoms with Gasteiger partial charge >= 0.3 is 7.55 Å². The van der Waals surface area contributed by atoms with Crippen LogP contribution >= 0.6 is 0 Å². The third-order valence-corrected chi connectivity index (χ3v) is 9.03. The lowest BCUT2D eigenvalue weighted by atomic mass is 9.73. The van der Waals surface area contributed by atoms with Gasteiger partial charge in [0.15, 0.2) is 11.4 Å². The van der Waals surface area contributed by atoms with Gasteiger partial charge in [0.25, 0.3) is 0 Å². The van der Waals surface area contributed by atoms with Crippen molar-refractivity contribution >= 4 is 31.3 Å². The molecule has 1 N–H and O–H groups in total. The highest BCUT2D eigenvalue weighted by Gasteiger charge is 2.35. The largest absolute Gasteiger partial charge is 0.700 e. The highest BCUT2D eigenvalue weighted by molar-refractivity contribution is 6.29. The van der Waals surface area contributed by atoms with Gasteiger partial charge in [-0.1, -0.05) is 74.3 Å². The SMILES string of the molecule is CCCNC(=O)CCc1ccc2n1[B][N+]1=C(C=Cc3cc(C(C)(C)C)cc(C(C)(C)CC(C)CCC)c3OC)C=C(C)C1=C2. The van der Waals surface area contributed by atoms with Crippen LogP contribution in [-0.4, -0.2) is 41.8 Å². The van der Waals surface area contributed by atoms with Crippen LogP contribution in [0.1, 0.15) is 122 Å². The lowest BCUT2D eigenvalue weighted by molar-refractivity contribution is -0.313. The van der Waals surface area contributed by atoms with E-state index in [9.17, 15) is 4.79 Å². The van der Waals surface area contributed by atoms with Crippen LogP contribution < -0.4 is 10.1 Å². The van der Waals surface area contributed by atoms with Gasteiger partial charge in [-0.3, -0.25) is 9.28 Å². The Morgan fingerprint density at radius 1 is 1.09 bits per heavy atom. The van der Waals surface area contributed by atoms with E-state index in [1.54, 1.807) is 0 Å². The van der Waals surface area contributed by atoms with Crippen LogP contribution in [-0.2, 0) is 22.0 Å². The van der Waals surface area contributed by atoms with E-state index in [2.05, 4.69) is 133 Å². The molecule has 0 spiro atoms. The highest BCUT2D eigenvalue weighted by atomic mass is 16.5. The zero-order valence-corrected chi connectivity index (χ0v) is 28.9. The summed E-state index contributed by atoms with van der Waals surface area (Å²) in [5.74, 6) is 1.72. The fourth-order valence-corrected chi connectivity index (χ4v) is 6.65. The van der Waals surface area contributed by atoms with Gasteiger partial charge in [0.1, 0.15) is 5.75 Å². The van der Waals surface area contributed by atoms with E-state index in [1.165, 1.54) is 35.2 Å². The van der Waals surface area contributed by atoms with Crippen LogP contribution in [0.2, 0.25) is 0 Å². The van der Waals surface area contributed by atoms with E-state index in [0.717, 1.165) is 47.8 Å². The summed E-state index contributed by atoms with van der Waals surface area (Å²) in [5, 5.41) is 2.99. The zero-order valence-electron chi connectivity index (χ0n) is 28.9. The number of carbonyl (C=O) groups excluding carboxylic acids is 1. The number of hydrogen-bond donors (Lipinski definition) is 1. The Morgan fingerprint density at radius 3 is 2.50 bits per heavy atom. The fraction of sp³-hybridized carbons (Fsp3) is 0.526. The number of hydrogen-bond acceptors (Lipinski definition) is 2. The maximum atomic E-state index is 12.3. The lowest BCUT2D eigenvalue weighted by Crippen LogP contribution is -2.31. The molecule has 0 saturated carbocycles. The van der Waals surface area contributed by atoms with Crippen LogP contribution in [0.15, 0.2) is 47.7 Å². The third kappa shape index (κ3) is 7.50. The first-order valence-corrected chi connectivity index (χ1v) is 16.6. The van der Waals surface area contributed by atoms with Crippen LogP contribution in [0.3, 0.4) is 0 Å². The van der Waals surface area contributed by atoms with Gasteiger partial charge in [-0.25, -0.2) is 0 Å². The highest BCUT2D eigenvalue weighted by Crippen LogP contribution is 2.42. The molecule has 0 aliphatic carbocycles. The molecule has 0 bridgehead atoms. The number of amides is 1. The molecule has 1 aromatic carbocycles. The van der Waals surface area contributed by atoms with Crippen LogP contribution in [0.5, 0.6) is 5.75 Å². The van der Waals surface area contributed by atoms with Crippen molar-refractivity contribution in [2.75, 3.05) is 13.7 Å². The summed E-state index contributed by atoms with van der Waals surface area (Å²) in [6.07, 6.45) is 14.6. The number of ether oxygens (including phenoxy) is 1. The molecule has 4 rings (SSSR count). The summed E-state index contributed by atoms with van der Waals surface area (Å²) in [6, 6.07) is 8.98. The molecule has 1 amide bonds. The molecule has 1 unspecified atom stereocenters. The zero-order chi connectivity index (χ0) is 32.2. The Kier molecular flexibility index (Phi) is 10.5. The van der Waals surface area contributed by atoms with Gasteiger partial charge in [-0.15, -0.1) is 0 Å². The van der Waals surface area contributed by atoms with Gasteiger partial charge in [-0.05, 0) is 72.8 Å². The molecule has 2 aromatic rings. The minimum absolute atomic E-state index is 0.0109. The van der Waals surface area contributed by atoms with E-state index in [-0.39, 0.29) is 16.7 Å². The van der Waals surface area contributed by atoms with Crippen molar-refractivity contribution in [2.24, 2.45) is 5.92 Å². The second-order valence-corrected chi connectivity index (χ2v) is 14.4. The number of benzene rings is 1. The maximum absolute atomic E-state index is 12.3. The molecular formula is C38H54BN3O2+. The number of carbonyl (C=O) groups is 1. The summed E-state index contributed by atoms with van der Waals surface area (Å²) < 4.78 is 10.7. The van der Waals surface area contributed by atoms with Crippen LogP contribution in [0, 0.1) is 5.92 Å². The third-order valence-electron chi connectivity index (χ3n) is 9.03. The molecule has 0 fully saturated rings. The summed E-state index contributed by atoms with van der Waals surface area (Å²) >= 11 is 0. The van der Waals surface area contributed by atoms with Crippen LogP contribution in [0.25, 0.3) is 12.2 Å². The Bertz CT molecular complexity index is 1500. The number of rotatable bonds is 13. The number of aryl methyl sites for hydroxylation is 1. The van der Waals surface area contributed by atoms with E-state index in [4.69, 9.17) is 4.74 Å². The number of aromatic nitrogens is 1. The molecular weight excluding hydrogens is 541 g/mol.